The Morgan fingerprint density at radius 1 is 1.18 bits per heavy atom. The maximum atomic E-state index is 12.3. The molecule has 1 fully saturated rings. The molecule has 5 heteroatoms. The standard InChI is InChI=1S/C17H21F2NO2/c18-17(19)22-15-10-6-5-7-13(15)11-12-16(21)20-14-8-3-1-2-4-9-14/h5-7,10-12,14,17H,1-4,8-9H2,(H,20,21)/b12-11+. The number of hydrogen-bond donors (Lipinski definition) is 1. The van der Waals surface area contributed by atoms with Gasteiger partial charge in [-0.1, -0.05) is 43.9 Å². The molecule has 0 aromatic heterocycles. The van der Waals surface area contributed by atoms with Gasteiger partial charge in [0.15, 0.2) is 0 Å². The minimum atomic E-state index is -2.88. The summed E-state index contributed by atoms with van der Waals surface area (Å²) in [5.41, 5.74) is 0.457. The van der Waals surface area contributed by atoms with E-state index in [9.17, 15) is 13.6 Å². The fourth-order valence-electron chi connectivity index (χ4n) is 2.66. The van der Waals surface area contributed by atoms with Crippen LogP contribution in [0.5, 0.6) is 5.75 Å². The van der Waals surface area contributed by atoms with Crippen LogP contribution in [0, 0.1) is 0 Å². The zero-order chi connectivity index (χ0) is 15.8. The highest BCUT2D eigenvalue weighted by Crippen LogP contribution is 2.21. The van der Waals surface area contributed by atoms with Crippen LogP contribution >= 0.6 is 0 Å². The fraction of sp³-hybridized carbons (Fsp3) is 0.471. The SMILES string of the molecule is O=C(/C=C/c1ccccc1OC(F)F)NC1CCCCCC1. The van der Waals surface area contributed by atoms with Crippen molar-refractivity contribution in [3.63, 3.8) is 0 Å². The van der Waals surface area contributed by atoms with Crippen LogP contribution in [0.1, 0.15) is 44.1 Å². The molecule has 1 aliphatic carbocycles. The van der Waals surface area contributed by atoms with E-state index >= 15 is 0 Å². The van der Waals surface area contributed by atoms with Crippen molar-refractivity contribution in [3.8, 4) is 5.75 Å². The summed E-state index contributed by atoms with van der Waals surface area (Å²) in [6, 6.07) is 6.62. The zero-order valence-electron chi connectivity index (χ0n) is 12.4. The molecule has 0 saturated heterocycles. The van der Waals surface area contributed by atoms with Crippen LogP contribution in [-0.4, -0.2) is 18.6 Å². The molecule has 22 heavy (non-hydrogen) atoms. The molecule has 1 saturated carbocycles. The number of carbonyl (C=O) groups excluding carboxylic acids is 1. The number of carbonyl (C=O) groups is 1. The van der Waals surface area contributed by atoms with Gasteiger partial charge in [-0.15, -0.1) is 0 Å². The van der Waals surface area contributed by atoms with E-state index in [1.54, 1.807) is 18.2 Å². The minimum Gasteiger partial charge on any atom is -0.434 e. The van der Waals surface area contributed by atoms with Crippen molar-refractivity contribution in [3.05, 3.63) is 35.9 Å². The van der Waals surface area contributed by atoms with E-state index in [2.05, 4.69) is 10.1 Å². The van der Waals surface area contributed by atoms with Crippen LogP contribution in [-0.2, 0) is 4.79 Å². The molecule has 2 rings (SSSR count). The monoisotopic (exact) mass is 309 g/mol. The van der Waals surface area contributed by atoms with E-state index in [1.807, 2.05) is 0 Å². The number of hydrogen-bond acceptors (Lipinski definition) is 2. The molecular formula is C17H21F2NO2. The molecule has 1 aromatic rings. The number of benzene rings is 1. The highest BCUT2D eigenvalue weighted by atomic mass is 19.3. The average molecular weight is 309 g/mol. The van der Waals surface area contributed by atoms with E-state index in [1.165, 1.54) is 31.1 Å². The van der Waals surface area contributed by atoms with E-state index in [0.717, 1.165) is 25.7 Å². The summed E-state index contributed by atoms with van der Waals surface area (Å²) in [6.45, 7) is -2.88. The quantitative estimate of drug-likeness (QED) is 0.656. The predicted octanol–water partition coefficient (Wildman–Crippen LogP) is 4.14. The lowest BCUT2D eigenvalue weighted by atomic mass is 10.1. The third kappa shape index (κ3) is 5.47. The number of alkyl halides is 2. The van der Waals surface area contributed by atoms with Gasteiger partial charge in [0, 0.05) is 17.7 Å². The zero-order valence-corrected chi connectivity index (χ0v) is 12.4. The van der Waals surface area contributed by atoms with Gasteiger partial charge in [-0.3, -0.25) is 4.79 Å². The van der Waals surface area contributed by atoms with Gasteiger partial charge in [-0.2, -0.15) is 8.78 Å². The molecule has 120 valence electrons. The lowest BCUT2D eigenvalue weighted by molar-refractivity contribution is -0.117. The maximum absolute atomic E-state index is 12.3. The molecule has 3 nitrogen and oxygen atoms in total. The molecule has 0 unspecified atom stereocenters. The summed E-state index contributed by atoms with van der Waals surface area (Å²) in [5, 5.41) is 2.97. The summed E-state index contributed by atoms with van der Waals surface area (Å²) >= 11 is 0. The topological polar surface area (TPSA) is 38.3 Å². The first-order valence-electron chi connectivity index (χ1n) is 7.67. The maximum Gasteiger partial charge on any atom is 0.387 e. The average Bonchev–Trinajstić information content (AvgIpc) is 2.74. The first kappa shape index (κ1) is 16.5. The van der Waals surface area contributed by atoms with Crippen molar-refractivity contribution in [2.75, 3.05) is 0 Å². The molecule has 1 N–H and O–H groups in total. The van der Waals surface area contributed by atoms with Gasteiger partial charge in [-0.05, 0) is 25.0 Å². The van der Waals surface area contributed by atoms with Crippen LogP contribution < -0.4 is 10.1 Å². The molecule has 1 aliphatic rings. The lowest BCUT2D eigenvalue weighted by Crippen LogP contribution is -2.33. The lowest BCUT2D eigenvalue weighted by Gasteiger charge is -2.14. The molecule has 1 amide bonds. The van der Waals surface area contributed by atoms with Crippen LogP contribution in [0.2, 0.25) is 0 Å². The normalized spacial score (nSPS) is 16.7. The van der Waals surface area contributed by atoms with E-state index < -0.39 is 6.61 Å². The Bertz CT molecular complexity index is 509. The molecular weight excluding hydrogens is 288 g/mol. The van der Waals surface area contributed by atoms with Gasteiger partial charge < -0.3 is 10.1 Å². The smallest absolute Gasteiger partial charge is 0.387 e. The largest absolute Gasteiger partial charge is 0.434 e. The Labute approximate surface area is 129 Å². The second kappa shape index (κ2) is 8.51. The number of nitrogens with one attached hydrogen (secondary N) is 1. The summed E-state index contributed by atoms with van der Waals surface area (Å²) in [6.07, 6.45) is 9.61. The Kier molecular flexibility index (Phi) is 6.37. The summed E-state index contributed by atoms with van der Waals surface area (Å²) in [5.74, 6) is -0.130. The van der Waals surface area contributed by atoms with Gasteiger partial charge in [0.05, 0.1) is 0 Å². The Morgan fingerprint density at radius 2 is 1.86 bits per heavy atom. The van der Waals surface area contributed by atoms with Crippen LogP contribution in [0.15, 0.2) is 30.3 Å². The summed E-state index contributed by atoms with van der Waals surface area (Å²) < 4.78 is 29.1. The first-order chi connectivity index (χ1) is 10.6. The van der Waals surface area contributed by atoms with Crippen molar-refractivity contribution in [1.29, 1.82) is 0 Å². The van der Waals surface area contributed by atoms with Crippen LogP contribution in [0.25, 0.3) is 6.08 Å². The fourth-order valence-corrected chi connectivity index (χ4v) is 2.66. The number of amides is 1. The van der Waals surface area contributed by atoms with Gasteiger partial charge >= 0.3 is 6.61 Å². The van der Waals surface area contributed by atoms with Crippen molar-refractivity contribution < 1.29 is 18.3 Å². The van der Waals surface area contributed by atoms with Gasteiger partial charge in [0.25, 0.3) is 0 Å². The second-order valence-corrected chi connectivity index (χ2v) is 5.45. The molecule has 1 aromatic carbocycles. The van der Waals surface area contributed by atoms with Crippen molar-refractivity contribution in [1.82, 2.24) is 5.32 Å². The highest BCUT2D eigenvalue weighted by Gasteiger charge is 2.13. The molecule has 0 heterocycles. The van der Waals surface area contributed by atoms with Gasteiger partial charge in [-0.25, -0.2) is 0 Å². The van der Waals surface area contributed by atoms with E-state index in [4.69, 9.17) is 0 Å². The second-order valence-electron chi connectivity index (χ2n) is 5.45. The third-order valence-electron chi connectivity index (χ3n) is 3.75. The molecule has 0 spiro atoms. The van der Waals surface area contributed by atoms with E-state index in [0.29, 0.717) is 5.56 Å². The van der Waals surface area contributed by atoms with Crippen LogP contribution in [0.4, 0.5) is 8.78 Å². The van der Waals surface area contributed by atoms with Crippen molar-refractivity contribution >= 4 is 12.0 Å². The number of halogens is 2. The number of para-hydroxylation sites is 1. The van der Waals surface area contributed by atoms with Crippen molar-refractivity contribution in [2.45, 2.75) is 51.2 Å². The minimum absolute atomic E-state index is 0.0658. The highest BCUT2D eigenvalue weighted by molar-refractivity contribution is 5.92. The first-order valence-corrected chi connectivity index (χ1v) is 7.67. The summed E-state index contributed by atoms with van der Waals surface area (Å²) in [7, 11) is 0. The molecule has 0 radical (unpaired) electrons. The Balaban J connectivity index is 1.94. The third-order valence-corrected chi connectivity index (χ3v) is 3.75. The van der Waals surface area contributed by atoms with Gasteiger partial charge in [0.2, 0.25) is 5.91 Å². The Morgan fingerprint density at radius 3 is 2.55 bits per heavy atom. The predicted molar refractivity (Wildman–Crippen MR) is 81.7 cm³/mol. The summed E-state index contributed by atoms with van der Waals surface area (Å²) in [4.78, 5) is 11.9. The Hall–Kier alpha value is -1.91. The van der Waals surface area contributed by atoms with Gasteiger partial charge in [0.1, 0.15) is 5.75 Å². The van der Waals surface area contributed by atoms with E-state index in [-0.39, 0.29) is 17.7 Å². The molecule has 0 atom stereocenters. The molecule has 0 bridgehead atoms. The van der Waals surface area contributed by atoms with Crippen LogP contribution in [0.3, 0.4) is 0 Å². The number of ether oxygens (including phenoxy) is 1. The number of rotatable bonds is 5. The molecule has 0 aliphatic heterocycles. The van der Waals surface area contributed by atoms with Crippen molar-refractivity contribution in [2.24, 2.45) is 0 Å².